The van der Waals surface area contributed by atoms with Crippen LogP contribution in [0.3, 0.4) is 0 Å². The van der Waals surface area contributed by atoms with Crippen LogP contribution < -0.4 is 10.6 Å². The molecule has 1 saturated heterocycles. The summed E-state index contributed by atoms with van der Waals surface area (Å²) >= 11 is 0. The van der Waals surface area contributed by atoms with Gasteiger partial charge in [0.2, 0.25) is 0 Å². The lowest BCUT2D eigenvalue weighted by Crippen LogP contribution is -2.57. The Morgan fingerprint density at radius 3 is 2.41 bits per heavy atom. The Morgan fingerprint density at radius 1 is 1.35 bits per heavy atom. The van der Waals surface area contributed by atoms with Gasteiger partial charge in [0.05, 0.1) is 0 Å². The van der Waals surface area contributed by atoms with E-state index >= 15 is 0 Å². The Balaban J connectivity index is 0.00000144. The van der Waals surface area contributed by atoms with Crippen molar-refractivity contribution in [2.45, 2.75) is 44.2 Å². The molecule has 1 saturated carbocycles. The molecular weight excluding hydrogens is 240 g/mol. The van der Waals surface area contributed by atoms with Crippen LogP contribution in [0.25, 0.3) is 0 Å². The van der Waals surface area contributed by atoms with Crippen molar-refractivity contribution in [3.63, 3.8) is 0 Å². The van der Waals surface area contributed by atoms with Crippen LogP contribution in [0.15, 0.2) is 0 Å². The smallest absolute Gasteiger partial charge is 0.252 e. The zero-order valence-electron chi connectivity index (χ0n) is 10.6. The van der Waals surface area contributed by atoms with Gasteiger partial charge in [-0.2, -0.15) is 0 Å². The summed E-state index contributed by atoms with van der Waals surface area (Å²) in [5, 5.41) is 6.37. The van der Waals surface area contributed by atoms with Gasteiger partial charge in [-0.1, -0.05) is 6.92 Å². The lowest BCUT2D eigenvalue weighted by Gasteiger charge is -2.39. The van der Waals surface area contributed by atoms with Crippen LogP contribution in [0, 0.1) is 5.92 Å². The fourth-order valence-corrected chi connectivity index (χ4v) is 2.69. The Hall–Kier alpha value is -0.320. The highest BCUT2D eigenvalue weighted by Gasteiger charge is 2.41. The number of piperidine rings is 1. The van der Waals surface area contributed by atoms with Crippen LogP contribution in [0.5, 0.6) is 0 Å². The van der Waals surface area contributed by atoms with Crippen molar-refractivity contribution in [1.82, 2.24) is 10.6 Å². The second-order valence-electron chi connectivity index (χ2n) is 5.20. The minimum absolute atomic E-state index is 0. The number of ether oxygens (including phenoxy) is 1. The van der Waals surface area contributed by atoms with E-state index in [2.05, 4.69) is 17.6 Å². The van der Waals surface area contributed by atoms with Crippen LogP contribution in [0.1, 0.15) is 32.6 Å². The van der Waals surface area contributed by atoms with Crippen molar-refractivity contribution in [2.24, 2.45) is 5.92 Å². The number of carbonyl (C=O) groups is 1. The van der Waals surface area contributed by atoms with E-state index in [0.29, 0.717) is 6.04 Å². The van der Waals surface area contributed by atoms with E-state index in [9.17, 15) is 4.79 Å². The quantitative estimate of drug-likeness (QED) is 0.801. The average Bonchev–Trinajstić information content (AvgIpc) is 2.28. The fourth-order valence-electron chi connectivity index (χ4n) is 2.69. The lowest BCUT2D eigenvalue weighted by atomic mass is 9.81. The summed E-state index contributed by atoms with van der Waals surface area (Å²) in [7, 11) is 1.65. The maximum absolute atomic E-state index is 12.2. The number of methoxy groups -OCH3 is 1. The highest BCUT2D eigenvalue weighted by molar-refractivity contribution is 5.86. The third-order valence-corrected chi connectivity index (χ3v) is 3.92. The number of hydrogen-bond acceptors (Lipinski definition) is 3. The van der Waals surface area contributed by atoms with Gasteiger partial charge in [-0.3, -0.25) is 4.79 Å². The molecule has 2 fully saturated rings. The number of carbonyl (C=O) groups excluding carboxylic acids is 1. The zero-order chi connectivity index (χ0) is 11.6. The monoisotopic (exact) mass is 262 g/mol. The van der Waals surface area contributed by atoms with Crippen LogP contribution in [-0.4, -0.2) is 37.7 Å². The molecule has 2 N–H and O–H groups in total. The van der Waals surface area contributed by atoms with Crippen molar-refractivity contribution in [1.29, 1.82) is 0 Å². The van der Waals surface area contributed by atoms with Gasteiger partial charge in [-0.25, -0.2) is 0 Å². The fraction of sp³-hybridized carbons (Fsp3) is 0.917. The topological polar surface area (TPSA) is 50.4 Å². The van der Waals surface area contributed by atoms with E-state index in [1.54, 1.807) is 7.11 Å². The van der Waals surface area contributed by atoms with Gasteiger partial charge in [0.25, 0.3) is 5.91 Å². The van der Waals surface area contributed by atoms with Gasteiger partial charge in [0.1, 0.15) is 5.60 Å². The summed E-state index contributed by atoms with van der Waals surface area (Å²) in [6.07, 6.45) is 3.78. The summed E-state index contributed by atoms with van der Waals surface area (Å²) in [4.78, 5) is 12.2. The highest BCUT2D eigenvalue weighted by Crippen LogP contribution is 2.28. The standard InChI is InChI=1S/C12H22N2O2.ClH/c1-9-7-10(8-9)14-11(15)12(16-2)3-5-13-6-4-12;/h9-10,13H,3-8H2,1-2H3,(H,14,15);1H. The van der Waals surface area contributed by atoms with Crippen molar-refractivity contribution in [2.75, 3.05) is 20.2 Å². The Morgan fingerprint density at radius 2 is 1.94 bits per heavy atom. The molecule has 0 radical (unpaired) electrons. The van der Waals surface area contributed by atoms with Crippen molar-refractivity contribution < 1.29 is 9.53 Å². The molecule has 0 aromatic rings. The first-order valence-electron chi connectivity index (χ1n) is 6.23. The maximum atomic E-state index is 12.2. The van der Waals surface area contributed by atoms with Gasteiger partial charge in [0.15, 0.2) is 0 Å². The summed E-state index contributed by atoms with van der Waals surface area (Å²) in [6, 6.07) is 0.379. The molecule has 1 aliphatic heterocycles. The first-order valence-corrected chi connectivity index (χ1v) is 6.23. The number of halogens is 1. The van der Waals surface area contributed by atoms with Crippen LogP contribution in [-0.2, 0) is 9.53 Å². The van der Waals surface area contributed by atoms with Crippen LogP contribution in [0.4, 0.5) is 0 Å². The van der Waals surface area contributed by atoms with E-state index < -0.39 is 5.60 Å². The molecule has 1 amide bonds. The predicted octanol–water partition coefficient (Wildman–Crippen LogP) is 1.09. The number of hydrogen-bond donors (Lipinski definition) is 2. The molecule has 1 heterocycles. The van der Waals surface area contributed by atoms with Crippen molar-refractivity contribution in [3.05, 3.63) is 0 Å². The van der Waals surface area contributed by atoms with Gasteiger partial charge in [-0.05, 0) is 44.7 Å². The molecule has 0 atom stereocenters. The van der Waals surface area contributed by atoms with E-state index in [0.717, 1.165) is 44.7 Å². The molecule has 0 bridgehead atoms. The minimum Gasteiger partial charge on any atom is -0.368 e. The second kappa shape index (κ2) is 6.03. The lowest BCUT2D eigenvalue weighted by molar-refractivity contribution is -0.148. The van der Waals surface area contributed by atoms with Crippen molar-refractivity contribution in [3.8, 4) is 0 Å². The molecule has 0 spiro atoms. The number of amides is 1. The van der Waals surface area contributed by atoms with Crippen LogP contribution >= 0.6 is 12.4 Å². The zero-order valence-corrected chi connectivity index (χ0v) is 11.4. The number of nitrogens with one attached hydrogen (secondary N) is 2. The molecule has 2 rings (SSSR count). The van der Waals surface area contributed by atoms with Crippen molar-refractivity contribution >= 4 is 18.3 Å². The van der Waals surface area contributed by atoms with E-state index in [1.807, 2.05) is 0 Å². The van der Waals surface area contributed by atoms with E-state index in [1.165, 1.54) is 0 Å². The number of rotatable bonds is 3. The molecular formula is C12H23ClN2O2. The second-order valence-corrected chi connectivity index (χ2v) is 5.20. The first kappa shape index (κ1) is 14.7. The van der Waals surface area contributed by atoms with Gasteiger partial charge < -0.3 is 15.4 Å². The highest BCUT2D eigenvalue weighted by atomic mass is 35.5. The SMILES string of the molecule is COC1(C(=O)NC2CC(C)C2)CCNCC1.Cl. The van der Waals surface area contributed by atoms with Gasteiger partial charge in [0, 0.05) is 13.2 Å². The third kappa shape index (κ3) is 3.12. The third-order valence-electron chi connectivity index (χ3n) is 3.92. The Bertz CT molecular complexity index is 261. The molecule has 0 aromatic carbocycles. The Kier molecular flexibility index (Phi) is 5.22. The van der Waals surface area contributed by atoms with Crippen LogP contribution in [0.2, 0.25) is 0 Å². The van der Waals surface area contributed by atoms with Gasteiger partial charge >= 0.3 is 0 Å². The maximum Gasteiger partial charge on any atom is 0.252 e. The molecule has 17 heavy (non-hydrogen) atoms. The predicted molar refractivity (Wildman–Crippen MR) is 69.4 cm³/mol. The molecule has 5 heteroatoms. The van der Waals surface area contributed by atoms with E-state index in [4.69, 9.17) is 4.74 Å². The normalized spacial score (nSPS) is 30.9. The Labute approximate surface area is 109 Å². The first-order chi connectivity index (χ1) is 7.66. The van der Waals surface area contributed by atoms with E-state index in [-0.39, 0.29) is 18.3 Å². The summed E-state index contributed by atoms with van der Waals surface area (Å²) < 4.78 is 5.48. The average molecular weight is 263 g/mol. The summed E-state index contributed by atoms with van der Waals surface area (Å²) in [6.45, 7) is 3.95. The van der Waals surface area contributed by atoms with Gasteiger partial charge in [-0.15, -0.1) is 12.4 Å². The minimum atomic E-state index is -0.579. The molecule has 4 nitrogen and oxygen atoms in total. The summed E-state index contributed by atoms with van der Waals surface area (Å²) in [5.41, 5.74) is -0.579. The molecule has 0 aromatic heterocycles. The molecule has 0 unspecified atom stereocenters. The summed E-state index contributed by atoms with van der Waals surface area (Å²) in [5.74, 6) is 0.852. The molecule has 1 aliphatic carbocycles. The molecule has 100 valence electrons. The molecule has 2 aliphatic rings. The largest absolute Gasteiger partial charge is 0.368 e.